The van der Waals surface area contributed by atoms with Crippen LogP contribution in [0.3, 0.4) is 0 Å². The summed E-state index contributed by atoms with van der Waals surface area (Å²) in [5, 5.41) is 7.92. The molecule has 0 unspecified atom stereocenters. The molecule has 1 saturated heterocycles. The minimum absolute atomic E-state index is 0.164. The maximum Gasteiger partial charge on any atom is 0.264 e. The highest BCUT2D eigenvalue weighted by molar-refractivity contribution is 8.18. The molecule has 5 aromatic carbocycles. The molecule has 1 aliphatic rings. The first-order chi connectivity index (χ1) is 17.7. The monoisotopic (exact) mass is 486 g/mol. The van der Waals surface area contributed by atoms with Crippen molar-refractivity contribution in [1.29, 1.82) is 0 Å². The Morgan fingerprint density at radius 3 is 2.28 bits per heavy atom. The number of nitrogens with zero attached hydrogens (tertiary/aromatic N) is 1. The summed E-state index contributed by atoms with van der Waals surface area (Å²) in [6.07, 6.45) is 1.91. The van der Waals surface area contributed by atoms with Gasteiger partial charge in [-0.05, 0) is 63.1 Å². The van der Waals surface area contributed by atoms with Crippen molar-refractivity contribution in [2.24, 2.45) is 4.99 Å². The SMILES string of the molecule is O=C1NC(=Nc2ccccc2)S/C1=C\c1c(OCc2cccc3ccccc23)ccc2ccccc12. The number of ether oxygens (including phenoxy) is 1. The molecule has 1 N–H and O–H groups in total. The van der Waals surface area contributed by atoms with Crippen molar-refractivity contribution in [1.82, 2.24) is 5.32 Å². The summed E-state index contributed by atoms with van der Waals surface area (Å²) >= 11 is 1.34. The van der Waals surface area contributed by atoms with Crippen LogP contribution in [0.4, 0.5) is 5.69 Å². The van der Waals surface area contributed by atoms with E-state index in [2.05, 4.69) is 58.8 Å². The summed E-state index contributed by atoms with van der Waals surface area (Å²) in [7, 11) is 0. The van der Waals surface area contributed by atoms with Crippen LogP contribution in [0.1, 0.15) is 11.1 Å². The molecule has 0 bridgehead atoms. The van der Waals surface area contributed by atoms with Crippen molar-refractivity contribution in [2.45, 2.75) is 6.61 Å². The van der Waals surface area contributed by atoms with Crippen molar-refractivity contribution >= 4 is 56.1 Å². The number of hydrogen-bond donors (Lipinski definition) is 1. The number of carbonyl (C=O) groups is 1. The third-order valence-corrected chi connectivity index (χ3v) is 7.02. The average Bonchev–Trinajstić information content (AvgIpc) is 3.26. The number of aliphatic imine (C=N–C) groups is 1. The van der Waals surface area contributed by atoms with Gasteiger partial charge < -0.3 is 10.1 Å². The van der Waals surface area contributed by atoms with Crippen LogP contribution in [0.5, 0.6) is 5.75 Å². The molecule has 1 fully saturated rings. The van der Waals surface area contributed by atoms with Gasteiger partial charge in [-0.1, -0.05) is 91.0 Å². The molecule has 5 heteroatoms. The van der Waals surface area contributed by atoms with Crippen LogP contribution in [0.2, 0.25) is 0 Å². The fraction of sp³-hybridized carbons (Fsp3) is 0.0323. The molecule has 0 radical (unpaired) electrons. The first-order valence-electron chi connectivity index (χ1n) is 11.7. The molecule has 1 heterocycles. The molecule has 0 aromatic heterocycles. The molecular weight excluding hydrogens is 464 g/mol. The number of nitrogens with one attached hydrogen (secondary N) is 1. The number of rotatable bonds is 5. The number of amides is 1. The lowest BCUT2D eigenvalue weighted by atomic mass is 10.0. The zero-order valence-corrected chi connectivity index (χ0v) is 20.2. The number of benzene rings is 5. The van der Waals surface area contributed by atoms with E-state index in [1.807, 2.05) is 66.7 Å². The van der Waals surface area contributed by atoms with Gasteiger partial charge in [0.05, 0.1) is 10.6 Å². The second-order valence-corrected chi connectivity index (χ2v) is 9.47. The first-order valence-corrected chi connectivity index (χ1v) is 12.5. The zero-order valence-electron chi connectivity index (χ0n) is 19.3. The topological polar surface area (TPSA) is 50.7 Å². The Morgan fingerprint density at radius 2 is 1.44 bits per heavy atom. The van der Waals surface area contributed by atoms with E-state index in [0.29, 0.717) is 16.7 Å². The van der Waals surface area contributed by atoms with Crippen LogP contribution < -0.4 is 10.1 Å². The highest BCUT2D eigenvalue weighted by Crippen LogP contribution is 2.35. The number of hydrogen-bond acceptors (Lipinski definition) is 4. The van der Waals surface area contributed by atoms with Crippen LogP contribution in [0, 0.1) is 0 Å². The van der Waals surface area contributed by atoms with Crippen molar-refractivity contribution in [3.8, 4) is 5.75 Å². The molecule has 4 nitrogen and oxygen atoms in total. The molecule has 0 spiro atoms. The van der Waals surface area contributed by atoms with E-state index in [1.165, 1.54) is 22.5 Å². The third kappa shape index (κ3) is 4.49. The lowest BCUT2D eigenvalue weighted by Crippen LogP contribution is -2.19. The maximum absolute atomic E-state index is 12.8. The van der Waals surface area contributed by atoms with E-state index < -0.39 is 0 Å². The number of carbonyl (C=O) groups excluding carboxylic acids is 1. The summed E-state index contributed by atoms with van der Waals surface area (Å²) < 4.78 is 6.39. The van der Waals surface area contributed by atoms with Gasteiger partial charge in [-0.3, -0.25) is 4.79 Å². The third-order valence-electron chi connectivity index (χ3n) is 6.11. The Labute approximate surface area is 213 Å². The van der Waals surface area contributed by atoms with Gasteiger partial charge in [0, 0.05) is 5.56 Å². The predicted molar refractivity (Wildman–Crippen MR) is 149 cm³/mol. The van der Waals surface area contributed by atoms with Gasteiger partial charge >= 0.3 is 0 Å². The van der Waals surface area contributed by atoms with Crippen molar-refractivity contribution in [3.63, 3.8) is 0 Å². The summed E-state index contributed by atoms with van der Waals surface area (Å²) in [5.74, 6) is 0.568. The van der Waals surface area contributed by atoms with Gasteiger partial charge in [0.1, 0.15) is 12.4 Å². The standard InChI is InChI=1S/C31H22N2O2S/c34-30-29(36-31(33-30)32-24-13-2-1-3-14-24)19-27-26-16-7-5-10-22(26)17-18-28(27)35-20-23-12-8-11-21-9-4-6-15-25(21)23/h1-19H,20H2,(H,32,33,34)/b29-19-. The number of para-hydroxylation sites is 1. The fourth-order valence-electron chi connectivity index (χ4n) is 4.36. The average molecular weight is 487 g/mol. The van der Waals surface area contributed by atoms with Crippen molar-refractivity contribution in [2.75, 3.05) is 0 Å². The van der Waals surface area contributed by atoms with E-state index in [1.54, 1.807) is 0 Å². The van der Waals surface area contributed by atoms with Gasteiger partial charge in [-0.25, -0.2) is 4.99 Å². The Hall–Kier alpha value is -4.35. The van der Waals surface area contributed by atoms with E-state index in [0.717, 1.165) is 33.3 Å². The fourth-order valence-corrected chi connectivity index (χ4v) is 5.18. The van der Waals surface area contributed by atoms with E-state index >= 15 is 0 Å². The maximum atomic E-state index is 12.8. The number of thioether (sulfide) groups is 1. The van der Waals surface area contributed by atoms with Gasteiger partial charge in [0.25, 0.3) is 5.91 Å². The van der Waals surface area contributed by atoms with Gasteiger partial charge in [0.15, 0.2) is 5.17 Å². The normalized spacial score (nSPS) is 15.6. The van der Waals surface area contributed by atoms with Crippen molar-refractivity contribution in [3.05, 3.63) is 125 Å². The second kappa shape index (κ2) is 9.72. The number of fused-ring (bicyclic) bond motifs is 2. The van der Waals surface area contributed by atoms with Crippen LogP contribution >= 0.6 is 11.8 Å². The Bertz CT molecular complexity index is 1650. The molecule has 36 heavy (non-hydrogen) atoms. The number of amidine groups is 1. The summed E-state index contributed by atoms with van der Waals surface area (Å²) in [5.41, 5.74) is 2.79. The van der Waals surface area contributed by atoms with Crippen LogP contribution in [-0.4, -0.2) is 11.1 Å². The minimum Gasteiger partial charge on any atom is -0.488 e. The summed E-state index contributed by atoms with van der Waals surface area (Å²) in [6, 6.07) is 36.3. The molecule has 0 atom stereocenters. The van der Waals surface area contributed by atoms with Gasteiger partial charge in [-0.15, -0.1) is 0 Å². The van der Waals surface area contributed by atoms with Gasteiger partial charge in [-0.2, -0.15) is 0 Å². The minimum atomic E-state index is -0.164. The highest BCUT2D eigenvalue weighted by Gasteiger charge is 2.25. The summed E-state index contributed by atoms with van der Waals surface area (Å²) in [4.78, 5) is 18.0. The predicted octanol–water partition coefficient (Wildman–Crippen LogP) is 7.46. The largest absolute Gasteiger partial charge is 0.488 e. The van der Waals surface area contributed by atoms with E-state index in [9.17, 15) is 4.79 Å². The van der Waals surface area contributed by atoms with Crippen molar-refractivity contribution < 1.29 is 9.53 Å². The van der Waals surface area contributed by atoms with Gasteiger partial charge in [0.2, 0.25) is 0 Å². The highest BCUT2D eigenvalue weighted by atomic mass is 32.2. The zero-order chi connectivity index (χ0) is 24.3. The molecule has 1 amide bonds. The Balaban J connectivity index is 1.36. The first kappa shape index (κ1) is 22.1. The second-order valence-electron chi connectivity index (χ2n) is 8.44. The molecule has 6 rings (SSSR count). The lowest BCUT2D eigenvalue weighted by molar-refractivity contribution is -0.115. The Morgan fingerprint density at radius 1 is 0.750 bits per heavy atom. The smallest absolute Gasteiger partial charge is 0.264 e. The molecule has 5 aromatic rings. The van der Waals surface area contributed by atoms with Crippen LogP contribution in [0.25, 0.3) is 27.6 Å². The quantitative estimate of drug-likeness (QED) is 0.262. The molecule has 174 valence electrons. The van der Waals surface area contributed by atoms with E-state index in [-0.39, 0.29) is 5.91 Å². The van der Waals surface area contributed by atoms with Crippen LogP contribution in [-0.2, 0) is 11.4 Å². The lowest BCUT2D eigenvalue weighted by Gasteiger charge is -2.14. The van der Waals surface area contributed by atoms with Crippen LogP contribution in [0.15, 0.2) is 119 Å². The summed E-state index contributed by atoms with van der Waals surface area (Å²) in [6.45, 7) is 0.427. The molecular formula is C31H22N2O2S. The molecule has 0 saturated carbocycles. The Kier molecular flexibility index (Phi) is 5.98. The van der Waals surface area contributed by atoms with E-state index in [4.69, 9.17) is 4.74 Å². The molecule has 1 aliphatic heterocycles. The molecule has 0 aliphatic carbocycles.